The summed E-state index contributed by atoms with van der Waals surface area (Å²) in [6.45, 7) is 0. The van der Waals surface area contributed by atoms with E-state index in [1.807, 2.05) is 18.2 Å². The first-order chi connectivity index (χ1) is 9.76. The molecule has 3 rings (SSSR count). The van der Waals surface area contributed by atoms with Crippen molar-refractivity contribution in [3.63, 3.8) is 0 Å². The van der Waals surface area contributed by atoms with E-state index in [2.05, 4.69) is 9.98 Å². The Labute approximate surface area is 123 Å². The Balaban J connectivity index is 1.90. The van der Waals surface area contributed by atoms with Crippen molar-refractivity contribution >= 4 is 34.2 Å². The fourth-order valence-electron chi connectivity index (χ4n) is 2.85. The zero-order valence-corrected chi connectivity index (χ0v) is 12.2. The van der Waals surface area contributed by atoms with E-state index in [-0.39, 0.29) is 5.88 Å². The molecule has 1 heterocycles. The standard InChI is InChI=1S/C15H19ClN4/c16-9-14(17)18-11-6-7-12-13(8-11)20-15(19-12)10-4-2-1-3-5-10/h6-8,10H,1-5,9H2,(H2,17,18)(H,19,20). The maximum Gasteiger partial charge on any atom is 0.115 e. The molecular weight excluding hydrogens is 272 g/mol. The second-order valence-corrected chi connectivity index (χ2v) is 5.66. The van der Waals surface area contributed by atoms with Gasteiger partial charge < -0.3 is 10.7 Å². The highest BCUT2D eigenvalue weighted by molar-refractivity contribution is 6.28. The highest BCUT2D eigenvalue weighted by Crippen LogP contribution is 2.32. The SMILES string of the molecule is NC(CCl)=Nc1ccc2nc(C3CCCCC3)[nH]c2c1. The quantitative estimate of drug-likeness (QED) is 0.512. The molecule has 1 aromatic heterocycles. The zero-order chi connectivity index (χ0) is 13.9. The fraction of sp³-hybridized carbons (Fsp3) is 0.467. The Morgan fingerprint density at radius 1 is 1.35 bits per heavy atom. The van der Waals surface area contributed by atoms with E-state index in [1.165, 1.54) is 32.1 Å². The number of alkyl halides is 1. The summed E-state index contributed by atoms with van der Waals surface area (Å²) in [5.74, 6) is 2.37. The second-order valence-electron chi connectivity index (χ2n) is 5.40. The van der Waals surface area contributed by atoms with E-state index in [9.17, 15) is 0 Å². The van der Waals surface area contributed by atoms with Gasteiger partial charge in [-0.3, -0.25) is 0 Å². The van der Waals surface area contributed by atoms with Crippen LogP contribution in [0, 0.1) is 0 Å². The summed E-state index contributed by atoms with van der Waals surface area (Å²) in [5.41, 5.74) is 8.49. The summed E-state index contributed by atoms with van der Waals surface area (Å²) < 4.78 is 0. The van der Waals surface area contributed by atoms with Crippen LogP contribution >= 0.6 is 11.6 Å². The van der Waals surface area contributed by atoms with Crippen LogP contribution in [0.5, 0.6) is 0 Å². The van der Waals surface area contributed by atoms with Crippen molar-refractivity contribution in [2.75, 3.05) is 5.88 Å². The number of aromatic amines is 1. The molecule has 20 heavy (non-hydrogen) atoms. The van der Waals surface area contributed by atoms with Gasteiger partial charge in [-0.2, -0.15) is 0 Å². The van der Waals surface area contributed by atoms with E-state index in [1.54, 1.807) is 0 Å². The van der Waals surface area contributed by atoms with Crippen molar-refractivity contribution < 1.29 is 0 Å². The normalized spacial score (nSPS) is 17.8. The number of imidazole rings is 1. The molecule has 4 nitrogen and oxygen atoms in total. The number of nitrogens with zero attached hydrogens (tertiary/aromatic N) is 2. The summed E-state index contributed by atoms with van der Waals surface area (Å²) in [6, 6.07) is 5.89. The lowest BCUT2D eigenvalue weighted by molar-refractivity contribution is 0.431. The lowest BCUT2D eigenvalue weighted by Crippen LogP contribution is -2.12. The number of aliphatic imine (C=N–C) groups is 1. The Morgan fingerprint density at radius 3 is 2.90 bits per heavy atom. The molecule has 0 radical (unpaired) electrons. The molecule has 1 aliphatic carbocycles. The number of fused-ring (bicyclic) bond motifs is 1. The van der Waals surface area contributed by atoms with Gasteiger partial charge in [-0.15, -0.1) is 11.6 Å². The number of rotatable bonds is 3. The number of nitrogens with one attached hydrogen (secondary N) is 1. The Bertz CT molecular complexity index is 626. The second kappa shape index (κ2) is 5.83. The maximum absolute atomic E-state index is 5.66. The average Bonchev–Trinajstić information content (AvgIpc) is 2.91. The van der Waals surface area contributed by atoms with Crippen LogP contribution < -0.4 is 5.73 Å². The van der Waals surface area contributed by atoms with Crippen LogP contribution in [0.1, 0.15) is 43.8 Å². The first kappa shape index (κ1) is 13.4. The summed E-state index contributed by atoms with van der Waals surface area (Å²) in [7, 11) is 0. The molecule has 0 aliphatic heterocycles. The highest BCUT2D eigenvalue weighted by Gasteiger charge is 2.18. The average molecular weight is 291 g/mol. The maximum atomic E-state index is 5.66. The Morgan fingerprint density at radius 2 is 2.15 bits per heavy atom. The number of H-pyrrole nitrogens is 1. The van der Waals surface area contributed by atoms with Crippen LogP contribution in [0.15, 0.2) is 23.2 Å². The van der Waals surface area contributed by atoms with Crippen molar-refractivity contribution in [3.05, 3.63) is 24.0 Å². The predicted molar refractivity (Wildman–Crippen MR) is 83.9 cm³/mol. The molecule has 5 heteroatoms. The van der Waals surface area contributed by atoms with Gasteiger partial charge in [-0.1, -0.05) is 19.3 Å². The van der Waals surface area contributed by atoms with E-state index in [0.717, 1.165) is 22.5 Å². The van der Waals surface area contributed by atoms with Gasteiger partial charge in [0.1, 0.15) is 11.7 Å². The topological polar surface area (TPSA) is 67.1 Å². The van der Waals surface area contributed by atoms with Crippen LogP contribution in [0.2, 0.25) is 0 Å². The van der Waals surface area contributed by atoms with Crippen LogP contribution in [-0.2, 0) is 0 Å². The zero-order valence-electron chi connectivity index (χ0n) is 11.4. The molecule has 1 aliphatic rings. The molecule has 1 aromatic carbocycles. The van der Waals surface area contributed by atoms with E-state index >= 15 is 0 Å². The lowest BCUT2D eigenvalue weighted by Gasteiger charge is -2.18. The molecule has 3 N–H and O–H groups in total. The molecule has 0 unspecified atom stereocenters. The third-order valence-electron chi connectivity index (χ3n) is 3.89. The van der Waals surface area contributed by atoms with Gasteiger partial charge in [-0.05, 0) is 31.0 Å². The van der Waals surface area contributed by atoms with Gasteiger partial charge >= 0.3 is 0 Å². The number of amidine groups is 1. The van der Waals surface area contributed by atoms with E-state index in [4.69, 9.17) is 22.3 Å². The molecule has 0 atom stereocenters. The number of nitrogens with two attached hydrogens (primary N) is 1. The summed E-state index contributed by atoms with van der Waals surface area (Å²) in [5, 5.41) is 0. The van der Waals surface area contributed by atoms with Gasteiger partial charge in [-0.25, -0.2) is 9.98 Å². The molecule has 2 aromatic rings. The molecule has 106 valence electrons. The van der Waals surface area contributed by atoms with Crippen molar-refractivity contribution in [3.8, 4) is 0 Å². The van der Waals surface area contributed by atoms with Crippen LogP contribution in [0.4, 0.5) is 5.69 Å². The van der Waals surface area contributed by atoms with Crippen molar-refractivity contribution in [2.45, 2.75) is 38.0 Å². The molecule has 1 fully saturated rings. The fourth-order valence-corrected chi connectivity index (χ4v) is 2.91. The first-order valence-electron chi connectivity index (χ1n) is 7.15. The number of hydrogen-bond donors (Lipinski definition) is 2. The molecule has 0 bridgehead atoms. The molecular formula is C15H19ClN4. The third kappa shape index (κ3) is 2.80. The van der Waals surface area contributed by atoms with Crippen molar-refractivity contribution in [2.24, 2.45) is 10.7 Å². The van der Waals surface area contributed by atoms with Crippen LogP contribution in [-0.4, -0.2) is 21.7 Å². The smallest absolute Gasteiger partial charge is 0.115 e. The monoisotopic (exact) mass is 290 g/mol. The Kier molecular flexibility index (Phi) is 3.92. The number of halogens is 1. The minimum atomic E-state index is 0.244. The van der Waals surface area contributed by atoms with Gasteiger partial charge in [0.05, 0.1) is 22.6 Å². The Hall–Kier alpha value is -1.55. The molecule has 1 saturated carbocycles. The minimum Gasteiger partial charge on any atom is -0.386 e. The van der Waals surface area contributed by atoms with E-state index < -0.39 is 0 Å². The lowest BCUT2D eigenvalue weighted by atomic mass is 9.89. The number of aromatic nitrogens is 2. The number of hydrogen-bond acceptors (Lipinski definition) is 2. The summed E-state index contributed by atoms with van der Waals surface area (Å²) in [4.78, 5) is 12.4. The first-order valence-corrected chi connectivity index (χ1v) is 7.68. The number of benzene rings is 1. The third-order valence-corrected chi connectivity index (χ3v) is 4.16. The highest BCUT2D eigenvalue weighted by atomic mass is 35.5. The van der Waals surface area contributed by atoms with Crippen LogP contribution in [0.3, 0.4) is 0 Å². The van der Waals surface area contributed by atoms with Crippen molar-refractivity contribution in [1.29, 1.82) is 0 Å². The van der Waals surface area contributed by atoms with Crippen LogP contribution in [0.25, 0.3) is 11.0 Å². The van der Waals surface area contributed by atoms with Gasteiger partial charge in [0.25, 0.3) is 0 Å². The predicted octanol–water partition coefficient (Wildman–Crippen LogP) is 3.84. The van der Waals surface area contributed by atoms with Gasteiger partial charge in [0.2, 0.25) is 0 Å². The largest absolute Gasteiger partial charge is 0.386 e. The van der Waals surface area contributed by atoms with Gasteiger partial charge in [0.15, 0.2) is 0 Å². The van der Waals surface area contributed by atoms with E-state index in [0.29, 0.717) is 11.8 Å². The molecule has 0 amide bonds. The molecule has 0 saturated heterocycles. The minimum absolute atomic E-state index is 0.244. The van der Waals surface area contributed by atoms with Crippen molar-refractivity contribution in [1.82, 2.24) is 9.97 Å². The molecule has 0 spiro atoms. The summed E-state index contributed by atoms with van der Waals surface area (Å²) in [6.07, 6.45) is 6.45. The summed E-state index contributed by atoms with van der Waals surface area (Å²) >= 11 is 5.65. The van der Waals surface area contributed by atoms with Gasteiger partial charge in [0, 0.05) is 5.92 Å².